The van der Waals surface area contributed by atoms with E-state index in [0.717, 1.165) is 27.9 Å². The molecule has 1 aliphatic heterocycles. The van der Waals surface area contributed by atoms with Gasteiger partial charge in [0.1, 0.15) is 5.76 Å². The van der Waals surface area contributed by atoms with Crippen LogP contribution in [-0.4, -0.2) is 53.8 Å². The Morgan fingerprint density at radius 3 is 2.46 bits per heavy atom. The summed E-state index contributed by atoms with van der Waals surface area (Å²) in [6, 6.07) is 8.49. The molecule has 1 amide bonds. The summed E-state index contributed by atoms with van der Waals surface area (Å²) in [5, 5.41) is 12.9. The van der Waals surface area contributed by atoms with E-state index in [0.29, 0.717) is 12.1 Å². The summed E-state index contributed by atoms with van der Waals surface area (Å²) >= 11 is 4.88. The molecule has 1 aliphatic rings. The zero-order chi connectivity index (χ0) is 20.4. The highest BCUT2D eigenvalue weighted by Gasteiger charge is 2.46. The Hall–Kier alpha value is -1.96. The number of Topliss-reactive ketones (excluding diaryl/α,β-unsaturated/α-hetero) is 1. The van der Waals surface area contributed by atoms with Gasteiger partial charge in [-0.2, -0.15) is 0 Å². The SMILES string of the molecule is Cc1ccsc1C1/C(=C(/O)c2ccc(Br)cc2)C(=O)C(=O)N1CCCN(C)C. The molecule has 2 heterocycles. The number of aryl methyl sites for hydroxylation is 1. The van der Waals surface area contributed by atoms with Gasteiger partial charge in [-0.1, -0.05) is 28.1 Å². The number of hydrogen-bond donors (Lipinski definition) is 1. The fraction of sp³-hybridized carbons (Fsp3) is 0.333. The monoisotopic (exact) mass is 462 g/mol. The van der Waals surface area contributed by atoms with Gasteiger partial charge in [-0.25, -0.2) is 0 Å². The van der Waals surface area contributed by atoms with Crippen LogP contribution in [0.15, 0.2) is 45.8 Å². The van der Waals surface area contributed by atoms with Crippen molar-refractivity contribution in [3.63, 3.8) is 0 Å². The van der Waals surface area contributed by atoms with Crippen LogP contribution in [0.4, 0.5) is 0 Å². The molecule has 0 spiro atoms. The van der Waals surface area contributed by atoms with E-state index >= 15 is 0 Å². The average Bonchev–Trinajstić information content (AvgIpc) is 3.17. The second kappa shape index (κ2) is 8.59. The van der Waals surface area contributed by atoms with Crippen molar-refractivity contribution in [2.75, 3.05) is 27.2 Å². The van der Waals surface area contributed by atoms with Gasteiger partial charge < -0.3 is 14.9 Å². The summed E-state index contributed by atoms with van der Waals surface area (Å²) in [5.74, 6) is -1.29. The molecule has 1 N–H and O–H groups in total. The Bertz CT molecular complexity index is 918. The van der Waals surface area contributed by atoms with Crippen LogP contribution in [0.5, 0.6) is 0 Å². The fourth-order valence-electron chi connectivity index (χ4n) is 3.37. The Kier molecular flexibility index (Phi) is 6.37. The molecule has 1 unspecified atom stereocenters. The van der Waals surface area contributed by atoms with Crippen molar-refractivity contribution in [1.29, 1.82) is 0 Å². The summed E-state index contributed by atoms with van der Waals surface area (Å²) in [4.78, 5) is 30.3. The number of thiophene rings is 1. The first kappa shape index (κ1) is 20.8. The molecule has 3 rings (SSSR count). The molecular weight excluding hydrogens is 440 g/mol. The van der Waals surface area contributed by atoms with Crippen LogP contribution in [0.25, 0.3) is 5.76 Å². The third-order valence-electron chi connectivity index (χ3n) is 4.81. The largest absolute Gasteiger partial charge is 0.507 e. The lowest BCUT2D eigenvalue weighted by Crippen LogP contribution is -2.32. The van der Waals surface area contributed by atoms with Gasteiger partial charge in [0, 0.05) is 21.5 Å². The molecule has 1 fully saturated rings. The van der Waals surface area contributed by atoms with Gasteiger partial charge in [-0.15, -0.1) is 11.3 Å². The van der Waals surface area contributed by atoms with E-state index in [1.807, 2.05) is 37.4 Å². The number of carbonyl (C=O) groups is 2. The second-order valence-electron chi connectivity index (χ2n) is 7.12. The number of carbonyl (C=O) groups excluding carboxylic acids is 2. The van der Waals surface area contributed by atoms with Crippen molar-refractivity contribution in [2.24, 2.45) is 0 Å². The van der Waals surface area contributed by atoms with Crippen LogP contribution in [0.3, 0.4) is 0 Å². The highest BCUT2D eigenvalue weighted by atomic mass is 79.9. The molecule has 2 aromatic rings. The number of likely N-dealkylation sites (tertiary alicyclic amines) is 1. The lowest BCUT2D eigenvalue weighted by Gasteiger charge is -2.25. The van der Waals surface area contributed by atoms with Crippen LogP contribution in [0.2, 0.25) is 0 Å². The number of hydrogen-bond acceptors (Lipinski definition) is 5. The molecule has 28 heavy (non-hydrogen) atoms. The van der Waals surface area contributed by atoms with Crippen LogP contribution in [-0.2, 0) is 9.59 Å². The summed E-state index contributed by atoms with van der Waals surface area (Å²) in [6.07, 6.45) is 0.749. The van der Waals surface area contributed by atoms with Crippen LogP contribution in [0, 0.1) is 6.92 Å². The number of rotatable bonds is 6. The Balaban J connectivity index is 2.07. The van der Waals surface area contributed by atoms with E-state index in [1.165, 1.54) is 11.3 Å². The molecule has 5 nitrogen and oxygen atoms in total. The minimum absolute atomic E-state index is 0.126. The molecule has 1 aromatic carbocycles. The standard InChI is InChI=1S/C21H23BrN2O3S/c1-13-9-12-28-20(13)17-16(18(25)14-5-7-15(22)8-6-14)19(26)21(27)24(17)11-4-10-23(2)3/h5-9,12,17,25H,4,10-11H2,1-3H3/b18-16-. The molecule has 0 bridgehead atoms. The topological polar surface area (TPSA) is 60.9 Å². The van der Waals surface area contributed by atoms with Crippen molar-refractivity contribution in [1.82, 2.24) is 9.80 Å². The van der Waals surface area contributed by atoms with Gasteiger partial charge in [-0.3, -0.25) is 9.59 Å². The molecule has 148 valence electrons. The molecular formula is C21H23BrN2O3S. The molecule has 1 aromatic heterocycles. The Morgan fingerprint density at radius 2 is 1.89 bits per heavy atom. The van der Waals surface area contributed by atoms with E-state index in [-0.39, 0.29) is 11.3 Å². The first-order chi connectivity index (χ1) is 13.3. The van der Waals surface area contributed by atoms with E-state index < -0.39 is 17.7 Å². The molecule has 1 saturated heterocycles. The first-order valence-electron chi connectivity index (χ1n) is 9.04. The number of nitrogens with zero attached hydrogens (tertiary/aromatic N) is 2. The van der Waals surface area contributed by atoms with Crippen molar-refractivity contribution in [2.45, 2.75) is 19.4 Å². The molecule has 0 aliphatic carbocycles. The maximum absolute atomic E-state index is 12.9. The van der Waals surface area contributed by atoms with E-state index in [4.69, 9.17) is 0 Å². The van der Waals surface area contributed by atoms with Crippen LogP contribution in [0.1, 0.15) is 28.5 Å². The Labute approximate surface area is 177 Å². The maximum atomic E-state index is 12.9. The minimum Gasteiger partial charge on any atom is -0.507 e. The predicted molar refractivity (Wildman–Crippen MR) is 115 cm³/mol. The van der Waals surface area contributed by atoms with Gasteiger partial charge in [-0.05, 0) is 63.1 Å². The normalized spacial score (nSPS) is 19.0. The number of benzene rings is 1. The molecule has 1 atom stereocenters. The van der Waals surface area contributed by atoms with Crippen molar-refractivity contribution < 1.29 is 14.7 Å². The predicted octanol–water partition coefficient (Wildman–Crippen LogP) is 4.19. The van der Waals surface area contributed by atoms with Crippen molar-refractivity contribution >= 4 is 44.7 Å². The van der Waals surface area contributed by atoms with Gasteiger partial charge in [0.15, 0.2) is 0 Å². The third kappa shape index (κ3) is 4.06. The lowest BCUT2D eigenvalue weighted by molar-refractivity contribution is -0.139. The lowest BCUT2D eigenvalue weighted by atomic mass is 9.98. The number of halogens is 1. The van der Waals surface area contributed by atoms with Gasteiger partial charge in [0.25, 0.3) is 11.7 Å². The minimum atomic E-state index is -0.622. The van der Waals surface area contributed by atoms with E-state index in [9.17, 15) is 14.7 Å². The van der Waals surface area contributed by atoms with Gasteiger partial charge in [0.2, 0.25) is 0 Å². The number of ketones is 1. The smallest absolute Gasteiger partial charge is 0.295 e. The van der Waals surface area contributed by atoms with Crippen LogP contribution < -0.4 is 0 Å². The Morgan fingerprint density at radius 1 is 1.21 bits per heavy atom. The molecule has 0 radical (unpaired) electrons. The molecule has 0 saturated carbocycles. The molecule has 7 heteroatoms. The van der Waals surface area contributed by atoms with Crippen molar-refractivity contribution in [3.8, 4) is 0 Å². The van der Waals surface area contributed by atoms with Crippen LogP contribution >= 0.6 is 27.3 Å². The van der Waals surface area contributed by atoms with Gasteiger partial charge in [0.05, 0.1) is 11.6 Å². The highest BCUT2D eigenvalue weighted by Crippen LogP contribution is 2.42. The highest BCUT2D eigenvalue weighted by molar-refractivity contribution is 9.10. The zero-order valence-electron chi connectivity index (χ0n) is 16.1. The summed E-state index contributed by atoms with van der Waals surface area (Å²) in [6.45, 7) is 3.24. The quantitative estimate of drug-likeness (QED) is 0.397. The number of aliphatic hydroxyl groups excluding tert-OH is 1. The fourth-order valence-corrected chi connectivity index (χ4v) is 4.68. The summed E-state index contributed by atoms with van der Waals surface area (Å²) < 4.78 is 0.874. The number of amides is 1. The van der Waals surface area contributed by atoms with Crippen molar-refractivity contribution in [3.05, 3.63) is 61.8 Å². The van der Waals surface area contributed by atoms with E-state index in [2.05, 4.69) is 15.9 Å². The second-order valence-corrected chi connectivity index (χ2v) is 8.99. The number of aliphatic hydroxyl groups is 1. The maximum Gasteiger partial charge on any atom is 0.295 e. The first-order valence-corrected chi connectivity index (χ1v) is 10.7. The van der Waals surface area contributed by atoms with E-state index in [1.54, 1.807) is 29.2 Å². The summed E-state index contributed by atoms with van der Waals surface area (Å²) in [7, 11) is 3.95. The zero-order valence-corrected chi connectivity index (χ0v) is 18.5. The average molecular weight is 463 g/mol. The van der Waals surface area contributed by atoms with Gasteiger partial charge >= 0.3 is 0 Å². The summed E-state index contributed by atoms with van der Waals surface area (Å²) in [5.41, 5.74) is 1.70. The third-order valence-corrected chi connectivity index (χ3v) is 6.41.